The van der Waals surface area contributed by atoms with E-state index in [-0.39, 0.29) is 19.1 Å². The number of hydrogen-bond acceptors (Lipinski definition) is 4. The van der Waals surface area contributed by atoms with Crippen LogP contribution >= 0.6 is 11.6 Å². The largest absolute Gasteiger partial charge is 0.475 e. The maximum absolute atomic E-state index is 12.4. The van der Waals surface area contributed by atoms with E-state index >= 15 is 0 Å². The highest BCUT2D eigenvalue weighted by Gasteiger charge is 2.18. The van der Waals surface area contributed by atoms with E-state index in [0.29, 0.717) is 17.6 Å². The molecule has 1 aromatic carbocycles. The second-order valence-electron chi connectivity index (χ2n) is 7.81. The molecule has 1 aliphatic heterocycles. The Kier molecular flexibility index (Phi) is 12.9. The van der Waals surface area contributed by atoms with Gasteiger partial charge in [-0.05, 0) is 61.6 Å². The molecule has 0 unspecified atom stereocenters. The number of ether oxygens (including phenoxy) is 2. The predicted octanol–water partition coefficient (Wildman–Crippen LogP) is 7.35. The highest BCUT2D eigenvalue weighted by molar-refractivity contribution is 6.29. The molecule has 6 nitrogen and oxygen atoms in total. The first-order chi connectivity index (χ1) is 16.5. The van der Waals surface area contributed by atoms with E-state index in [2.05, 4.69) is 10.3 Å². The van der Waals surface area contributed by atoms with Crippen molar-refractivity contribution in [1.82, 2.24) is 9.88 Å². The van der Waals surface area contributed by atoms with Crippen molar-refractivity contribution in [1.29, 1.82) is 0 Å². The van der Waals surface area contributed by atoms with Crippen molar-refractivity contribution >= 4 is 23.3 Å². The van der Waals surface area contributed by atoms with Gasteiger partial charge in [0.2, 0.25) is 5.88 Å². The zero-order chi connectivity index (χ0) is 26.6. The third-order valence-corrected chi connectivity index (χ3v) is 5.03. The zero-order valence-electron chi connectivity index (χ0n) is 21.1. The third kappa shape index (κ3) is 11.6. The number of carbonyl (C=O) groups excluding carboxylic acids is 1. The molecule has 1 fully saturated rings. The van der Waals surface area contributed by atoms with Gasteiger partial charge in [-0.1, -0.05) is 31.5 Å². The molecule has 0 radical (unpaired) electrons. The number of hydrogen-bond donors (Lipinski definition) is 1. The number of alkyl halides is 3. The van der Waals surface area contributed by atoms with Crippen molar-refractivity contribution in [3.63, 3.8) is 0 Å². The van der Waals surface area contributed by atoms with E-state index in [0.717, 1.165) is 48.3 Å². The number of urea groups is 1. The number of nitrogens with one attached hydrogen (secondary N) is 1. The minimum Gasteiger partial charge on any atom is -0.475 e. The van der Waals surface area contributed by atoms with Crippen LogP contribution in [0.25, 0.3) is 11.1 Å². The van der Waals surface area contributed by atoms with Crippen molar-refractivity contribution in [3.05, 3.63) is 41.0 Å². The lowest BCUT2D eigenvalue weighted by Gasteiger charge is -2.17. The van der Waals surface area contributed by atoms with Gasteiger partial charge < -0.3 is 19.7 Å². The number of carbonyl (C=O) groups is 1. The molecule has 1 saturated heterocycles. The number of likely N-dealkylation sites (tertiary alicyclic amines) is 1. The van der Waals surface area contributed by atoms with Gasteiger partial charge in [-0.15, -0.1) is 0 Å². The molecule has 2 amide bonds. The van der Waals surface area contributed by atoms with Gasteiger partial charge in [0.25, 0.3) is 0 Å². The van der Waals surface area contributed by atoms with Gasteiger partial charge in [0.05, 0.1) is 6.10 Å². The fourth-order valence-electron chi connectivity index (χ4n) is 3.11. The van der Waals surface area contributed by atoms with Crippen LogP contribution < -0.4 is 10.1 Å². The number of benzene rings is 1. The second kappa shape index (κ2) is 14.8. The molecule has 35 heavy (non-hydrogen) atoms. The Morgan fingerprint density at radius 2 is 1.80 bits per heavy atom. The molecule has 2 aromatic rings. The first-order valence-electron chi connectivity index (χ1n) is 11.5. The molecule has 0 aliphatic carbocycles. The fourth-order valence-corrected chi connectivity index (χ4v) is 3.31. The van der Waals surface area contributed by atoms with E-state index in [1.165, 1.54) is 0 Å². The van der Waals surface area contributed by atoms with E-state index in [4.69, 9.17) is 21.1 Å². The van der Waals surface area contributed by atoms with E-state index in [9.17, 15) is 18.0 Å². The average Bonchev–Trinajstić information content (AvgIpc) is 3.34. The van der Waals surface area contributed by atoms with Crippen LogP contribution in [0.4, 0.5) is 23.7 Å². The first kappa shape index (κ1) is 30.5. The van der Waals surface area contributed by atoms with Gasteiger partial charge >= 0.3 is 12.2 Å². The van der Waals surface area contributed by atoms with Gasteiger partial charge in [0, 0.05) is 38.9 Å². The lowest BCUT2D eigenvalue weighted by atomic mass is 10.0. The molecule has 10 heteroatoms. The molecule has 1 aromatic heterocycles. The molecular weight excluding hydrogens is 483 g/mol. The van der Waals surface area contributed by atoms with Gasteiger partial charge in [-0.3, -0.25) is 0 Å². The molecule has 2 heterocycles. The summed E-state index contributed by atoms with van der Waals surface area (Å²) < 4.78 is 42.0. The van der Waals surface area contributed by atoms with Crippen molar-refractivity contribution in [2.75, 3.05) is 32.1 Å². The molecule has 1 atom stereocenters. The molecule has 196 valence electrons. The molecule has 0 spiro atoms. The van der Waals surface area contributed by atoms with Gasteiger partial charge in [0.15, 0.2) is 0 Å². The summed E-state index contributed by atoms with van der Waals surface area (Å²) in [5, 5.41) is 3.34. The molecule has 0 bridgehead atoms. The Morgan fingerprint density at radius 1 is 1.20 bits per heavy atom. The van der Waals surface area contributed by atoms with Crippen LogP contribution in [0, 0.1) is 6.92 Å². The lowest BCUT2D eigenvalue weighted by molar-refractivity contribution is -0.110. The summed E-state index contributed by atoms with van der Waals surface area (Å²) in [4.78, 5) is 18.5. The monoisotopic (exact) mass is 517 g/mol. The van der Waals surface area contributed by atoms with Crippen LogP contribution in [0.1, 0.15) is 46.1 Å². The Balaban J connectivity index is 0.000000779. The van der Waals surface area contributed by atoms with Gasteiger partial charge in [0.1, 0.15) is 11.8 Å². The minimum absolute atomic E-state index is 0.0462. The molecular formula is C25H35ClF3N3O3. The van der Waals surface area contributed by atoms with Crippen LogP contribution in [-0.2, 0) is 4.74 Å². The molecule has 1 aliphatic rings. The molecule has 0 saturated carbocycles. The molecule has 1 N–H and O–H groups in total. The highest BCUT2D eigenvalue weighted by atomic mass is 35.5. The van der Waals surface area contributed by atoms with Crippen LogP contribution in [0.2, 0.25) is 5.15 Å². The lowest BCUT2D eigenvalue weighted by Crippen LogP contribution is -2.32. The SMILES string of the molecule is CC.CC(F)(F)F.CO[C@H](C)COc1cc(-c2cc(NC(=O)N3CCCC3)ccc2C)cc(Cl)n1. The Hall–Kier alpha value is -2.52. The number of rotatable bonds is 6. The maximum atomic E-state index is 12.4. The Bertz CT molecular complexity index is 930. The van der Waals surface area contributed by atoms with Crippen molar-refractivity contribution in [3.8, 4) is 17.0 Å². The smallest absolute Gasteiger partial charge is 0.386 e. The van der Waals surface area contributed by atoms with Crippen LogP contribution in [-0.4, -0.2) is 55.0 Å². The quantitative estimate of drug-likeness (QED) is 0.407. The topological polar surface area (TPSA) is 63.7 Å². The summed E-state index contributed by atoms with van der Waals surface area (Å²) in [5.74, 6) is 0.442. The number of amides is 2. The minimum atomic E-state index is -4.00. The third-order valence-electron chi connectivity index (χ3n) is 4.83. The predicted molar refractivity (Wildman–Crippen MR) is 134 cm³/mol. The molecule has 3 rings (SSSR count). The van der Waals surface area contributed by atoms with E-state index in [1.54, 1.807) is 13.2 Å². The summed E-state index contributed by atoms with van der Waals surface area (Å²) in [6.45, 7) is 10.1. The first-order valence-corrected chi connectivity index (χ1v) is 11.9. The van der Waals surface area contributed by atoms with Crippen molar-refractivity contribution in [2.24, 2.45) is 0 Å². The zero-order valence-corrected chi connectivity index (χ0v) is 21.9. The van der Waals surface area contributed by atoms with Crippen LogP contribution in [0.3, 0.4) is 0 Å². The van der Waals surface area contributed by atoms with E-state index in [1.807, 2.05) is 56.9 Å². The van der Waals surface area contributed by atoms with Crippen molar-refractivity contribution in [2.45, 2.75) is 59.7 Å². The number of halogens is 4. The van der Waals surface area contributed by atoms with Crippen molar-refractivity contribution < 1.29 is 27.4 Å². The normalized spacial score (nSPS) is 13.7. The Morgan fingerprint density at radius 3 is 2.37 bits per heavy atom. The van der Waals surface area contributed by atoms with Crippen LogP contribution in [0.15, 0.2) is 30.3 Å². The summed E-state index contributed by atoms with van der Waals surface area (Å²) in [6, 6.07) is 9.43. The Labute approximate surface area is 210 Å². The average molecular weight is 518 g/mol. The summed E-state index contributed by atoms with van der Waals surface area (Å²) in [5.41, 5.74) is 3.67. The second-order valence-corrected chi connectivity index (χ2v) is 8.20. The maximum Gasteiger partial charge on any atom is 0.386 e. The number of nitrogens with zero attached hydrogens (tertiary/aromatic N) is 2. The number of aromatic nitrogens is 1. The number of pyridine rings is 1. The number of anilines is 1. The van der Waals surface area contributed by atoms with Gasteiger partial charge in [-0.25, -0.2) is 9.78 Å². The summed E-state index contributed by atoms with van der Waals surface area (Å²) in [6.07, 6.45) is -1.92. The summed E-state index contributed by atoms with van der Waals surface area (Å²) in [7, 11) is 1.64. The van der Waals surface area contributed by atoms with Crippen LogP contribution in [0.5, 0.6) is 5.88 Å². The fraction of sp³-hybridized carbons (Fsp3) is 0.520. The standard InChI is InChI=1S/C21H26ClN3O3.C2H3F3.C2H6/c1-14-6-7-17(23-21(26)25-8-4-5-9-25)12-18(14)16-10-19(22)24-20(11-16)28-13-15(2)27-3;1-2(3,4)5;1-2/h6-7,10-12,15H,4-5,8-9,13H2,1-3H3,(H,23,26);1H3;1-2H3/t15-;;/m1../s1. The summed E-state index contributed by atoms with van der Waals surface area (Å²) >= 11 is 6.21. The number of aryl methyl sites for hydroxylation is 1. The van der Waals surface area contributed by atoms with Gasteiger partial charge in [-0.2, -0.15) is 13.2 Å². The number of methoxy groups -OCH3 is 1. The highest BCUT2D eigenvalue weighted by Crippen LogP contribution is 2.31. The van der Waals surface area contributed by atoms with E-state index < -0.39 is 6.18 Å².